The van der Waals surface area contributed by atoms with Gasteiger partial charge in [0, 0.05) is 68.3 Å². The van der Waals surface area contributed by atoms with Gasteiger partial charge in [-0.25, -0.2) is 14.4 Å². The molecule has 11 heteroatoms. The second-order valence-corrected chi connectivity index (χ2v) is 13.6. The number of ether oxygens (including phenoxy) is 1. The van der Waals surface area contributed by atoms with Crippen molar-refractivity contribution in [2.24, 2.45) is 0 Å². The normalized spacial score (nSPS) is 21.5. The first-order chi connectivity index (χ1) is 23.3. The number of hydrogen-bond donors (Lipinski definition) is 2. The molecule has 4 aromatic rings. The number of aliphatic hydroxyl groups excluding tert-OH is 1. The number of para-hydroxylation sites is 1. The lowest BCUT2D eigenvalue weighted by Crippen LogP contribution is -2.52. The summed E-state index contributed by atoms with van der Waals surface area (Å²) in [4.78, 5) is 30.7. The minimum absolute atomic E-state index is 0.0417. The second kappa shape index (κ2) is 13.8. The van der Waals surface area contributed by atoms with Crippen molar-refractivity contribution in [2.45, 2.75) is 63.6 Å². The van der Waals surface area contributed by atoms with E-state index in [-0.39, 0.29) is 23.4 Å². The highest BCUT2D eigenvalue weighted by Gasteiger charge is 2.30. The number of imidazole rings is 1. The maximum atomic E-state index is 16.1. The van der Waals surface area contributed by atoms with Gasteiger partial charge in [-0.2, -0.15) is 0 Å². The molecular weight excluding hydrogens is 609 g/mol. The quantitative estimate of drug-likeness (QED) is 0.270. The van der Waals surface area contributed by atoms with Crippen LogP contribution in [0.4, 0.5) is 16.0 Å². The van der Waals surface area contributed by atoms with Crippen molar-refractivity contribution in [3.8, 4) is 17.0 Å². The van der Waals surface area contributed by atoms with E-state index in [2.05, 4.69) is 48.7 Å². The number of halogens is 1. The van der Waals surface area contributed by atoms with Gasteiger partial charge in [0.1, 0.15) is 11.4 Å². The van der Waals surface area contributed by atoms with Crippen LogP contribution in [-0.4, -0.2) is 101 Å². The van der Waals surface area contributed by atoms with Crippen molar-refractivity contribution in [3.63, 3.8) is 0 Å². The van der Waals surface area contributed by atoms with Crippen LogP contribution < -0.4 is 15.0 Å². The van der Waals surface area contributed by atoms with Crippen LogP contribution in [0.1, 0.15) is 60.6 Å². The second-order valence-electron chi connectivity index (χ2n) is 13.6. The predicted octanol–water partition coefficient (Wildman–Crippen LogP) is 5.50. The number of carbonyl (C=O) groups is 1. The molecule has 2 N–H and O–H groups in total. The molecule has 1 amide bonds. The molecule has 254 valence electrons. The van der Waals surface area contributed by atoms with Gasteiger partial charge in [0.25, 0.3) is 5.91 Å². The van der Waals surface area contributed by atoms with Crippen molar-refractivity contribution in [1.29, 1.82) is 0 Å². The fraction of sp³-hybridized carbons (Fsp3) is 0.486. The number of fused-ring (bicyclic) bond motifs is 1. The number of nitrogens with zero attached hydrogens (tertiary/aromatic N) is 6. The molecule has 3 fully saturated rings. The number of benzene rings is 2. The third-order valence-electron chi connectivity index (χ3n) is 10.5. The fourth-order valence-corrected chi connectivity index (χ4v) is 7.74. The molecule has 2 aliphatic heterocycles. The summed E-state index contributed by atoms with van der Waals surface area (Å²) in [5, 5.41) is 13.3. The van der Waals surface area contributed by atoms with Gasteiger partial charge in [0.05, 0.1) is 29.8 Å². The first-order valence-corrected chi connectivity index (χ1v) is 17.3. The van der Waals surface area contributed by atoms with E-state index in [1.165, 1.54) is 13.2 Å². The Morgan fingerprint density at radius 1 is 0.917 bits per heavy atom. The van der Waals surface area contributed by atoms with Gasteiger partial charge in [-0.05, 0) is 88.9 Å². The van der Waals surface area contributed by atoms with Crippen LogP contribution in [0.25, 0.3) is 22.3 Å². The number of carbonyl (C=O) groups excluding carboxylic acids is 1. The van der Waals surface area contributed by atoms with Crippen LogP contribution in [-0.2, 0) is 0 Å². The zero-order valence-electron chi connectivity index (χ0n) is 28.2. The molecule has 2 aromatic heterocycles. The third-order valence-corrected chi connectivity index (χ3v) is 10.5. The molecule has 1 aliphatic carbocycles. The van der Waals surface area contributed by atoms with Gasteiger partial charge in [-0.15, -0.1) is 0 Å². The van der Waals surface area contributed by atoms with Gasteiger partial charge >= 0.3 is 0 Å². The van der Waals surface area contributed by atoms with Gasteiger partial charge < -0.3 is 24.2 Å². The number of aliphatic hydroxyl groups is 1. The van der Waals surface area contributed by atoms with Crippen LogP contribution in [0.2, 0.25) is 0 Å². The zero-order valence-corrected chi connectivity index (χ0v) is 28.2. The molecule has 7 rings (SSSR count). The number of piperazine rings is 1. The summed E-state index contributed by atoms with van der Waals surface area (Å²) in [6.07, 6.45) is 4.82. The molecule has 10 nitrogen and oxygen atoms in total. The number of piperidine rings is 1. The topological polar surface area (TPSA) is 99.0 Å². The van der Waals surface area contributed by atoms with Crippen LogP contribution in [0.3, 0.4) is 0 Å². The number of methoxy groups -OCH3 is 1. The molecule has 3 aliphatic rings. The molecule has 0 bridgehead atoms. The van der Waals surface area contributed by atoms with Crippen LogP contribution in [0, 0.1) is 12.7 Å². The molecule has 2 aromatic carbocycles. The number of pyridine rings is 1. The summed E-state index contributed by atoms with van der Waals surface area (Å²) in [7, 11) is 3.72. The first-order valence-electron chi connectivity index (χ1n) is 17.3. The maximum absolute atomic E-state index is 16.1. The van der Waals surface area contributed by atoms with E-state index in [9.17, 15) is 9.90 Å². The Balaban J connectivity index is 1.18. The number of anilines is 2. The average Bonchev–Trinajstić information content (AvgIpc) is 3.46. The van der Waals surface area contributed by atoms with E-state index in [1.54, 1.807) is 31.2 Å². The van der Waals surface area contributed by atoms with Crippen LogP contribution in [0.5, 0.6) is 5.75 Å². The van der Waals surface area contributed by atoms with E-state index in [1.807, 2.05) is 6.07 Å². The van der Waals surface area contributed by atoms with E-state index in [0.29, 0.717) is 41.8 Å². The average molecular weight is 656 g/mol. The molecule has 4 heterocycles. The van der Waals surface area contributed by atoms with Gasteiger partial charge in [0.15, 0.2) is 5.82 Å². The van der Waals surface area contributed by atoms with Crippen LogP contribution >= 0.6 is 0 Å². The molecule has 0 radical (unpaired) electrons. The fourth-order valence-electron chi connectivity index (χ4n) is 7.74. The van der Waals surface area contributed by atoms with E-state index in [0.717, 1.165) is 81.7 Å². The van der Waals surface area contributed by atoms with Gasteiger partial charge in [-0.1, -0.05) is 12.1 Å². The smallest absolute Gasteiger partial charge is 0.261 e. The largest absolute Gasteiger partial charge is 0.496 e. The summed E-state index contributed by atoms with van der Waals surface area (Å²) < 4.78 is 23.7. The lowest BCUT2D eigenvalue weighted by molar-refractivity contribution is 0.0982. The summed E-state index contributed by atoms with van der Waals surface area (Å²) in [5.74, 6) is -0.447. The van der Waals surface area contributed by atoms with Crippen LogP contribution in [0.15, 0.2) is 48.5 Å². The number of amides is 1. The Bertz CT molecular complexity index is 1770. The number of nitrogens with one attached hydrogen (secondary N) is 1. The van der Waals surface area contributed by atoms with E-state index in [4.69, 9.17) is 9.72 Å². The highest BCUT2D eigenvalue weighted by atomic mass is 19.1. The minimum Gasteiger partial charge on any atom is -0.496 e. The van der Waals surface area contributed by atoms with Crippen molar-refractivity contribution in [2.75, 3.05) is 63.6 Å². The number of likely N-dealkylation sites (N-methyl/N-ethyl adjacent to an activating group) is 1. The Hall–Kier alpha value is -4.06. The Morgan fingerprint density at radius 2 is 1.65 bits per heavy atom. The zero-order chi connectivity index (χ0) is 33.4. The molecule has 48 heavy (non-hydrogen) atoms. The Labute approximate surface area is 281 Å². The lowest BCUT2D eigenvalue weighted by atomic mass is 9.93. The molecular formula is C37H46FN7O3. The molecule has 0 atom stereocenters. The standard InChI is InChI=1S/C37H46FN7O3/c1-24-22-30(34(38)35(39-24)29-6-4-5-7-33(29)48-3)36(47)41-37-40-31-13-10-27(23-32(31)45(37)26-8-11-28(46)12-9-26)43-16-14-25(15-17-43)44-20-18-42(2)19-21-44/h4-7,10,13,22-23,25-26,28,46H,8-9,11-12,14-21H2,1-3H3,(H,40,41,47). The number of aryl methyl sites for hydroxylation is 1. The SMILES string of the molecule is COc1ccccc1-c1nc(C)cc(C(=O)Nc2nc3ccc(N4CCC(N5CCN(C)CC5)CC4)cc3n2C2CCC(O)CC2)c1F. The minimum atomic E-state index is -0.715. The molecule has 0 unspecified atom stereocenters. The Kier molecular flexibility index (Phi) is 9.35. The van der Waals surface area contributed by atoms with Gasteiger partial charge in [-0.3, -0.25) is 15.0 Å². The number of aromatic nitrogens is 3. The highest BCUT2D eigenvalue weighted by Crippen LogP contribution is 2.37. The maximum Gasteiger partial charge on any atom is 0.261 e. The first kappa shape index (κ1) is 32.5. The number of hydrogen-bond acceptors (Lipinski definition) is 8. The summed E-state index contributed by atoms with van der Waals surface area (Å²) in [6.45, 7) is 8.27. The molecule has 0 spiro atoms. The highest BCUT2D eigenvalue weighted by molar-refractivity contribution is 6.05. The third kappa shape index (κ3) is 6.51. The summed E-state index contributed by atoms with van der Waals surface area (Å²) in [5.41, 5.74) is 3.80. The summed E-state index contributed by atoms with van der Waals surface area (Å²) in [6, 6.07) is 15.5. The van der Waals surface area contributed by atoms with Crippen molar-refractivity contribution in [1.82, 2.24) is 24.3 Å². The van der Waals surface area contributed by atoms with Gasteiger partial charge in [0.2, 0.25) is 5.95 Å². The van der Waals surface area contributed by atoms with Crippen molar-refractivity contribution < 1.29 is 19.0 Å². The lowest BCUT2D eigenvalue weighted by Gasteiger charge is -2.42. The number of rotatable bonds is 7. The Morgan fingerprint density at radius 3 is 2.38 bits per heavy atom. The van der Waals surface area contributed by atoms with Crippen molar-refractivity contribution >= 4 is 28.6 Å². The molecule has 2 saturated heterocycles. The summed E-state index contributed by atoms with van der Waals surface area (Å²) >= 11 is 0. The van der Waals surface area contributed by atoms with E-state index >= 15 is 4.39 Å². The molecule has 1 saturated carbocycles. The predicted molar refractivity (Wildman–Crippen MR) is 186 cm³/mol. The van der Waals surface area contributed by atoms with Crippen molar-refractivity contribution in [3.05, 3.63) is 65.6 Å². The van der Waals surface area contributed by atoms with E-state index < -0.39 is 11.7 Å². The monoisotopic (exact) mass is 655 g/mol.